The van der Waals surface area contributed by atoms with E-state index in [2.05, 4.69) is 27.0 Å². The minimum Gasteiger partial charge on any atom is -0.379 e. The number of nitrogens with zero attached hydrogens (tertiary/aromatic N) is 3. The van der Waals surface area contributed by atoms with Crippen molar-refractivity contribution in [2.45, 2.75) is 25.8 Å². The van der Waals surface area contributed by atoms with Crippen molar-refractivity contribution >= 4 is 5.96 Å². The highest BCUT2D eigenvalue weighted by molar-refractivity contribution is 5.80. The zero-order valence-corrected chi connectivity index (χ0v) is 16.0. The molecule has 0 aromatic heterocycles. The van der Waals surface area contributed by atoms with Crippen LogP contribution in [0.2, 0.25) is 0 Å². The van der Waals surface area contributed by atoms with Gasteiger partial charge in [-0.15, -0.1) is 0 Å². The molecule has 144 valence electrons. The molecule has 3 rings (SSSR count). The number of benzene rings is 1. The van der Waals surface area contributed by atoms with Crippen molar-refractivity contribution < 1.29 is 9.13 Å². The predicted molar refractivity (Wildman–Crippen MR) is 103 cm³/mol. The molecule has 2 aliphatic rings. The first-order valence-electron chi connectivity index (χ1n) is 9.70. The molecule has 1 unspecified atom stereocenters. The lowest BCUT2D eigenvalue weighted by Gasteiger charge is -2.37. The highest BCUT2D eigenvalue weighted by Crippen LogP contribution is 2.22. The Balaban J connectivity index is 1.67. The van der Waals surface area contributed by atoms with E-state index in [-0.39, 0.29) is 11.9 Å². The van der Waals surface area contributed by atoms with Gasteiger partial charge in [-0.1, -0.05) is 19.1 Å². The van der Waals surface area contributed by atoms with Crippen LogP contribution in [0.4, 0.5) is 4.39 Å². The van der Waals surface area contributed by atoms with E-state index >= 15 is 0 Å². The highest BCUT2D eigenvalue weighted by atomic mass is 19.1. The molecule has 2 heterocycles. The predicted octanol–water partition coefficient (Wildman–Crippen LogP) is 2.51. The van der Waals surface area contributed by atoms with Crippen molar-refractivity contribution in [2.24, 2.45) is 10.9 Å². The van der Waals surface area contributed by atoms with Crippen molar-refractivity contribution in [1.82, 2.24) is 15.1 Å². The van der Waals surface area contributed by atoms with Crippen LogP contribution in [0.15, 0.2) is 29.3 Å². The van der Waals surface area contributed by atoms with Gasteiger partial charge in [0.25, 0.3) is 0 Å². The van der Waals surface area contributed by atoms with Crippen molar-refractivity contribution in [3.05, 3.63) is 35.6 Å². The van der Waals surface area contributed by atoms with E-state index in [0.717, 1.165) is 63.4 Å². The molecule has 1 aromatic rings. The summed E-state index contributed by atoms with van der Waals surface area (Å²) in [5.74, 6) is 1.57. The molecule has 5 nitrogen and oxygen atoms in total. The average molecular weight is 362 g/mol. The molecule has 0 bridgehead atoms. The summed E-state index contributed by atoms with van der Waals surface area (Å²) in [7, 11) is 1.85. The topological polar surface area (TPSA) is 40.1 Å². The lowest BCUT2D eigenvalue weighted by molar-refractivity contribution is 0.0168. The molecule has 0 saturated carbocycles. The molecule has 2 fully saturated rings. The zero-order valence-electron chi connectivity index (χ0n) is 16.0. The Hall–Kier alpha value is -1.66. The van der Waals surface area contributed by atoms with E-state index in [1.807, 2.05) is 19.2 Å². The van der Waals surface area contributed by atoms with E-state index in [0.29, 0.717) is 0 Å². The van der Waals surface area contributed by atoms with Gasteiger partial charge in [-0.2, -0.15) is 0 Å². The average Bonchev–Trinajstić information content (AvgIpc) is 2.68. The fourth-order valence-electron chi connectivity index (χ4n) is 3.77. The SMILES string of the molecule is CN=C(NCC(c1ccc(F)cc1)N1CCOCC1)N1CCC(C)CC1. The van der Waals surface area contributed by atoms with E-state index < -0.39 is 0 Å². The Morgan fingerprint density at radius 2 is 1.85 bits per heavy atom. The molecule has 2 saturated heterocycles. The molecule has 0 radical (unpaired) electrons. The van der Waals surface area contributed by atoms with Gasteiger partial charge in [0.1, 0.15) is 5.82 Å². The number of rotatable bonds is 4. The van der Waals surface area contributed by atoms with Gasteiger partial charge in [0, 0.05) is 39.8 Å². The number of nitrogens with one attached hydrogen (secondary N) is 1. The van der Waals surface area contributed by atoms with Gasteiger partial charge in [-0.3, -0.25) is 9.89 Å². The molecule has 0 amide bonds. The molecule has 1 atom stereocenters. The summed E-state index contributed by atoms with van der Waals surface area (Å²) in [5, 5.41) is 3.56. The summed E-state index contributed by atoms with van der Waals surface area (Å²) >= 11 is 0. The molecule has 1 aromatic carbocycles. The van der Waals surface area contributed by atoms with Crippen LogP contribution < -0.4 is 5.32 Å². The van der Waals surface area contributed by atoms with Crippen molar-refractivity contribution in [2.75, 3.05) is 53.0 Å². The summed E-state index contributed by atoms with van der Waals surface area (Å²) in [6.07, 6.45) is 2.43. The minimum absolute atomic E-state index is 0.181. The molecule has 26 heavy (non-hydrogen) atoms. The summed E-state index contributed by atoms with van der Waals surface area (Å²) in [6.45, 7) is 8.46. The highest BCUT2D eigenvalue weighted by Gasteiger charge is 2.24. The summed E-state index contributed by atoms with van der Waals surface area (Å²) < 4.78 is 18.9. The monoisotopic (exact) mass is 362 g/mol. The van der Waals surface area contributed by atoms with Gasteiger partial charge in [0.2, 0.25) is 0 Å². The van der Waals surface area contributed by atoms with Crippen LogP contribution >= 0.6 is 0 Å². The van der Waals surface area contributed by atoms with Crippen molar-refractivity contribution in [3.63, 3.8) is 0 Å². The van der Waals surface area contributed by atoms with Crippen LogP contribution in [0.25, 0.3) is 0 Å². The fourth-order valence-corrected chi connectivity index (χ4v) is 3.77. The molecule has 2 aliphatic heterocycles. The lowest BCUT2D eigenvalue weighted by atomic mass is 9.99. The molecule has 6 heteroatoms. The largest absolute Gasteiger partial charge is 0.379 e. The Morgan fingerprint density at radius 1 is 1.19 bits per heavy atom. The quantitative estimate of drug-likeness (QED) is 0.660. The maximum atomic E-state index is 13.4. The zero-order chi connectivity index (χ0) is 18.4. The second kappa shape index (κ2) is 9.33. The molecule has 0 spiro atoms. The van der Waals surface area contributed by atoms with Crippen LogP contribution in [0, 0.1) is 11.7 Å². The van der Waals surface area contributed by atoms with Gasteiger partial charge in [-0.05, 0) is 36.5 Å². The number of guanidine groups is 1. The lowest BCUT2D eigenvalue weighted by Crippen LogP contribution is -2.49. The minimum atomic E-state index is -0.194. The van der Waals surface area contributed by atoms with Crippen LogP contribution in [0.1, 0.15) is 31.4 Å². The standard InChI is InChI=1S/C20H31FN4O/c1-16-7-9-25(10-8-16)20(22-2)23-15-19(24-11-13-26-14-12-24)17-3-5-18(21)6-4-17/h3-6,16,19H,7-15H2,1-2H3,(H,22,23). The summed E-state index contributed by atoms with van der Waals surface area (Å²) in [6, 6.07) is 7.05. The maximum absolute atomic E-state index is 13.4. The van der Waals surface area contributed by atoms with Gasteiger partial charge in [0.15, 0.2) is 5.96 Å². The smallest absolute Gasteiger partial charge is 0.193 e. The molecular weight excluding hydrogens is 331 g/mol. The number of piperidine rings is 1. The number of hydrogen-bond donors (Lipinski definition) is 1. The van der Waals surface area contributed by atoms with Crippen molar-refractivity contribution in [1.29, 1.82) is 0 Å². The Kier molecular flexibility index (Phi) is 6.86. The second-order valence-electron chi connectivity index (χ2n) is 7.31. The summed E-state index contributed by atoms with van der Waals surface area (Å²) in [4.78, 5) is 9.25. The van der Waals surface area contributed by atoms with Crippen LogP contribution in [0.3, 0.4) is 0 Å². The fraction of sp³-hybridized carbons (Fsp3) is 0.650. The van der Waals surface area contributed by atoms with Crippen LogP contribution in [0.5, 0.6) is 0 Å². The van der Waals surface area contributed by atoms with Gasteiger partial charge >= 0.3 is 0 Å². The maximum Gasteiger partial charge on any atom is 0.193 e. The van der Waals surface area contributed by atoms with E-state index in [4.69, 9.17) is 4.74 Å². The second-order valence-corrected chi connectivity index (χ2v) is 7.31. The van der Waals surface area contributed by atoms with Crippen LogP contribution in [-0.2, 0) is 4.74 Å². The molecule has 1 N–H and O–H groups in total. The van der Waals surface area contributed by atoms with Crippen molar-refractivity contribution in [3.8, 4) is 0 Å². The number of ether oxygens (including phenoxy) is 1. The first-order valence-corrected chi connectivity index (χ1v) is 9.70. The number of aliphatic imine (C=N–C) groups is 1. The van der Waals surface area contributed by atoms with Gasteiger partial charge in [0.05, 0.1) is 19.3 Å². The first kappa shape index (κ1) is 19.1. The van der Waals surface area contributed by atoms with E-state index in [1.165, 1.54) is 12.8 Å². The third kappa shape index (κ3) is 4.95. The van der Waals surface area contributed by atoms with Gasteiger partial charge < -0.3 is 15.0 Å². The number of halogens is 1. The number of hydrogen-bond acceptors (Lipinski definition) is 3. The number of morpholine rings is 1. The Morgan fingerprint density at radius 3 is 2.46 bits per heavy atom. The Labute approximate surface area is 156 Å². The molecular formula is C20H31FN4O. The van der Waals surface area contributed by atoms with Gasteiger partial charge in [-0.25, -0.2) is 4.39 Å². The Bertz CT molecular complexity index is 578. The van der Waals surface area contributed by atoms with E-state index in [1.54, 1.807) is 12.1 Å². The molecule has 0 aliphatic carbocycles. The number of likely N-dealkylation sites (tertiary alicyclic amines) is 1. The summed E-state index contributed by atoms with van der Waals surface area (Å²) in [5.41, 5.74) is 1.13. The normalized spacial score (nSPS) is 21.7. The first-order chi connectivity index (χ1) is 12.7. The third-order valence-electron chi connectivity index (χ3n) is 5.49. The third-order valence-corrected chi connectivity index (χ3v) is 5.49. The van der Waals surface area contributed by atoms with Crippen LogP contribution in [-0.4, -0.2) is 68.7 Å². The van der Waals surface area contributed by atoms with E-state index in [9.17, 15) is 4.39 Å².